The van der Waals surface area contributed by atoms with E-state index in [9.17, 15) is 0 Å². The van der Waals surface area contributed by atoms with E-state index in [0.717, 1.165) is 6.54 Å². The third-order valence-electron chi connectivity index (χ3n) is 4.44. The molecule has 1 unspecified atom stereocenters. The van der Waals surface area contributed by atoms with Crippen molar-refractivity contribution in [1.82, 2.24) is 15.1 Å². The van der Waals surface area contributed by atoms with Gasteiger partial charge in [-0.3, -0.25) is 4.68 Å². The van der Waals surface area contributed by atoms with Crippen molar-refractivity contribution >= 4 is 15.9 Å². The average Bonchev–Trinajstić information content (AvgIpc) is 2.99. The molecule has 0 spiro atoms. The Morgan fingerprint density at radius 1 is 1.17 bits per heavy atom. The van der Waals surface area contributed by atoms with Gasteiger partial charge in [0.2, 0.25) is 0 Å². The number of rotatable bonds is 2. The van der Waals surface area contributed by atoms with Gasteiger partial charge in [0.05, 0.1) is 21.9 Å². The Morgan fingerprint density at radius 3 is 2.61 bits per heavy atom. The van der Waals surface area contributed by atoms with Gasteiger partial charge in [0, 0.05) is 13.0 Å². The van der Waals surface area contributed by atoms with Crippen LogP contribution in [0.4, 0.5) is 0 Å². The first-order chi connectivity index (χ1) is 8.77. The first-order valence-electron chi connectivity index (χ1n) is 7.23. The van der Waals surface area contributed by atoms with Gasteiger partial charge < -0.3 is 5.32 Å². The van der Waals surface area contributed by atoms with Gasteiger partial charge in [0.25, 0.3) is 0 Å². The predicted octanol–water partition coefficient (Wildman–Crippen LogP) is 3.65. The molecule has 1 N–H and O–H groups in total. The lowest BCUT2D eigenvalue weighted by Crippen LogP contribution is -2.16. The topological polar surface area (TPSA) is 29.9 Å². The maximum Gasteiger partial charge on any atom is 0.0800 e. The Labute approximate surface area is 117 Å². The number of nitrogens with one attached hydrogen (secondary N) is 1. The van der Waals surface area contributed by atoms with E-state index in [2.05, 4.69) is 33.0 Å². The molecule has 1 aromatic rings. The Kier molecular flexibility index (Phi) is 3.76. The lowest BCUT2D eigenvalue weighted by Gasteiger charge is -2.20. The van der Waals surface area contributed by atoms with Crippen molar-refractivity contribution in [3.05, 3.63) is 15.9 Å². The number of halogens is 1. The zero-order chi connectivity index (χ0) is 12.5. The second-order valence-electron chi connectivity index (χ2n) is 5.69. The normalized spacial score (nSPS) is 25.8. The molecule has 100 valence electrons. The number of hydrogen-bond donors (Lipinski definition) is 1. The molecule has 0 radical (unpaired) electrons. The van der Waals surface area contributed by atoms with Crippen LogP contribution in [0.3, 0.4) is 0 Å². The van der Waals surface area contributed by atoms with E-state index in [0.29, 0.717) is 12.0 Å². The zero-order valence-corrected chi connectivity index (χ0v) is 12.7. The number of aromatic nitrogens is 2. The first-order valence-corrected chi connectivity index (χ1v) is 8.02. The summed E-state index contributed by atoms with van der Waals surface area (Å²) in [5, 5.41) is 8.39. The van der Waals surface area contributed by atoms with Crippen molar-refractivity contribution in [3.8, 4) is 0 Å². The summed E-state index contributed by atoms with van der Waals surface area (Å²) in [6.07, 6.45) is 9.27. The zero-order valence-electron chi connectivity index (χ0n) is 11.1. The molecular weight excluding hydrogens is 290 g/mol. The molecule has 1 aliphatic carbocycles. The minimum absolute atomic E-state index is 0.495. The lowest BCUT2D eigenvalue weighted by atomic mass is 9.87. The number of aryl methyl sites for hydroxylation is 1. The van der Waals surface area contributed by atoms with Gasteiger partial charge in [-0.25, -0.2) is 0 Å². The van der Waals surface area contributed by atoms with E-state index in [-0.39, 0.29) is 0 Å². The van der Waals surface area contributed by atoms with Gasteiger partial charge in [-0.15, -0.1) is 0 Å². The number of nitrogens with zero attached hydrogens (tertiary/aromatic N) is 2. The summed E-state index contributed by atoms with van der Waals surface area (Å²) in [6.45, 7) is 1.14. The Morgan fingerprint density at radius 2 is 1.94 bits per heavy atom. The van der Waals surface area contributed by atoms with Crippen molar-refractivity contribution in [2.24, 2.45) is 7.05 Å². The van der Waals surface area contributed by atoms with Crippen molar-refractivity contribution in [2.75, 3.05) is 6.54 Å². The highest BCUT2D eigenvalue weighted by molar-refractivity contribution is 9.10. The third kappa shape index (κ3) is 2.25. The van der Waals surface area contributed by atoms with Crippen LogP contribution in [0.2, 0.25) is 0 Å². The monoisotopic (exact) mass is 311 g/mol. The molecule has 0 aromatic carbocycles. The summed E-state index contributed by atoms with van der Waals surface area (Å²) in [5.41, 5.74) is 2.66. The third-order valence-corrected chi connectivity index (χ3v) is 5.25. The highest BCUT2D eigenvalue weighted by Crippen LogP contribution is 2.39. The molecule has 0 bridgehead atoms. The fourth-order valence-electron chi connectivity index (χ4n) is 3.47. The van der Waals surface area contributed by atoms with Gasteiger partial charge in [-0.1, -0.05) is 19.3 Å². The van der Waals surface area contributed by atoms with E-state index in [1.807, 2.05) is 0 Å². The smallest absolute Gasteiger partial charge is 0.0800 e. The maximum absolute atomic E-state index is 4.81. The highest BCUT2D eigenvalue weighted by atomic mass is 79.9. The van der Waals surface area contributed by atoms with Gasteiger partial charge in [-0.2, -0.15) is 5.10 Å². The summed E-state index contributed by atoms with van der Waals surface area (Å²) in [4.78, 5) is 0. The molecule has 3 rings (SSSR count). The van der Waals surface area contributed by atoms with Crippen LogP contribution in [-0.2, 0) is 7.05 Å². The summed E-state index contributed by atoms with van der Waals surface area (Å²) in [5.74, 6) is 0.675. The summed E-state index contributed by atoms with van der Waals surface area (Å²) < 4.78 is 3.37. The standard InChI is InChI=1S/C14H22BrN3/c1-18-14(11-8-5-9-16-11)12(15)13(17-18)10-6-3-2-4-7-10/h10-11,16H,2-9H2,1H3. The van der Waals surface area contributed by atoms with Gasteiger partial charge in [0.1, 0.15) is 0 Å². The Hall–Kier alpha value is -0.350. The van der Waals surface area contributed by atoms with Crippen molar-refractivity contribution in [2.45, 2.75) is 56.9 Å². The van der Waals surface area contributed by atoms with E-state index in [1.54, 1.807) is 0 Å². The predicted molar refractivity (Wildman–Crippen MR) is 76.7 cm³/mol. The van der Waals surface area contributed by atoms with Crippen LogP contribution in [0.1, 0.15) is 68.3 Å². The summed E-state index contributed by atoms with van der Waals surface area (Å²) in [6, 6.07) is 0.495. The van der Waals surface area contributed by atoms with Crippen LogP contribution >= 0.6 is 15.9 Å². The van der Waals surface area contributed by atoms with Crippen molar-refractivity contribution in [3.63, 3.8) is 0 Å². The quantitative estimate of drug-likeness (QED) is 0.903. The van der Waals surface area contributed by atoms with Gasteiger partial charge in [0.15, 0.2) is 0 Å². The molecule has 2 heterocycles. The second-order valence-corrected chi connectivity index (χ2v) is 6.48. The van der Waals surface area contributed by atoms with E-state index < -0.39 is 0 Å². The summed E-state index contributed by atoms with van der Waals surface area (Å²) in [7, 11) is 2.09. The van der Waals surface area contributed by atoms with Crippen LogP contribution in [0, 0.1) is 0 Å². The molecular formula is C14H22BrN3. The van der Waals surface area contributed by atoms with E-state index >= 15 is 0 Å². The van der Waals surface area contributed by atoms with Gasteiger partial charge in [-0.05, 0) is 48.2 Å². The largest absolute Gasteiger partial charge is 0.309 e. The molecule has 3 nitrogen and oxygen atoms in total. The van der Waals surface area contributed by atoms with E-state index in [1.165, 1.54) is 60.8 Å². The summed E-state index contributed by atoms with van der Waals surface area (Å²) >= 11 is 3.82. The van der Waals surface area contributed by atoms with Crippen LogP contribution in [0.5, 0.6) is 0 Å². The number of hydrogen-bond acceptors (Lipinski definition) is 2. The maximum atomic E-state index is 4.81. The highest BCUT2D eigenvalue weighted by Gasteiger charge is 2.28. The fourth-order valence-corrected chi connectivity index (χ4v) is 4.40. The van der Waals surface area contributed by atoms with Crippen molar-refractivity contribution < 1.29 is 0 Å². The molecule has 1 aliphatic heterocycles. The molecule has 2 aliphatic rings. The fraction of sp³-hybridized carbons (Fsp3) is 0.786. The van der Waals surface area contributed by atoms with Crippen molar-refractivity contribution in [1.29, 1.82) is 0 Å². The van der Waals surface area contributed by atoms with Crippen LogP contribution < -0.4 is 5.32 Å². The Balaban J connectivity index is 1.89. The lowest BCUT2D eigenvalue weighted by molar-refractivity contribution is 0.432. The molecule has 1 atom stereocenters. The minimum atomic E-state index is 0.495. The minimum Gasteiger partial charge on any atom is -0.309 e. The SMILES string of the molecule is Cn1nc(C2CCCCC2)c(Br)c1C1CCCN1. The molecule has 18 heavy (non-hydrogen) atoms. The molecule has 2 fully saturated rings. The Bertz CT molecular complexity index is 415. The molecule has 4 heteroatoms. The molecule has 1 aromatic heterocycles. The van der Waals surface area contributed by atoms with Crippen LogP contribution in [0.15, 0.2) is 4.47 Å². The average molecular weight is 312 g/mol. The molecule has 1 saturated carbocycles. The van der Waals surface area contributed by atoms with Gasteiger partial charge >= 0.3 is 0 Å². The molecule has 1 saturated heterocycles. The second kappa shape index (κ2) is 5.33. The van der Waals surface area contributed by atoms with Crippen LogP contribution in [0.25, 0.3) is 0 Å². The molecule has 0 amide bonds. The van der Waals surface area contributed by atoms with Crippen LogP contribution in [-0.4, -0.2) is 16.3 Å². The first kappa shape index (κ1) is 12.7. The van der Waals surface area contributed by atoms with E-state index in [4.69, 9.17) is 5.10 Å².